The monoisotopic (exact) mass is 594 g/mol. The Morgan fingerprint density at radius 1 is 0.778 bits per heavy atom. The van der Waals surface area contributed by atoms with Gasteiger partial charge in [0.05, 0.1) is 29.8 Å². The predicted octanol–water partition coefficient (Wildman–Crippen LogP) is 9.21. The third kappa shape index (κ3) is 4.49. The van der Waals surface area contributed by atoms with Crippen LogP contribution >= 0.6 is 0 Å². The highest BCUT2D eigenvalue weighted by Gasteiger charge is 2.21. The van der Waals surface area contributed by atoms with Gasteiger partial charge in [0.25, 0.3) is 17.8 Å². The number of oxazole rings is 2. The Labute approximate surface area is 260 Å². The van der Waals surface area contributed by atoms with E-state index in [4.69, 9.17) is 18.6 Å². The van der Waals surface area contributed by atoms with Gasteiger partial charge in [-0.05, 0) is 76.1 Å². The predicted molar refractivity (Wildman–Crippen MR) is 175 cm³/mol. The smallest absolute Gasteiger partial charge is 0.279 e. The summed E-state index contributed by atoms with van der Waals surface area (Å²) in [6.45, 7) is 13.4. The summed E-state index contributed by atoms with van der Waals surface area (Å²) in [5, 5.41) is 2.36. The van der Waals surface area contributed by atoms with E-state index in [1.807, 2.05) is 40.9 Å². The van der Waals surface area contributed by atoms with Gasteiger partial charge >= 0.3 is 0 Å². The van der Waals surface area contributed by atoms with E-state index in [0.29, 0.717) is 11.4 Å². The largest absolute Gasteiger partial charge is 0.470 e. The van der Waals surface area contributed by atoms with E-state index in [1.165, 1.54) is 16.5 Å². The van der Waals surface area contributed by atoms with Gasteiger partial charge in [0.2, 0.25) is 0 Å². The van der Waals surface area contributed by atoms with E-state index < -0.39 is 0 Å². The van der Waals surface area contributed by atoms with Gasteiger partial charge in [0, 0.05) is 23.0 Å². The third-order valence-electron chi connectivity index (χ3n) is 8.54. The zero-order valence-electron chi connectivity index (χ0n) is 26.3. The molecule has 0 aliphatic heterocycles. The maximum absolute atomic E-state index is 6.52. The summed E-state index contributed by atoms with van der Waals surface area (Å²) in [6, 6.07) is 25.4. The van der Waals surface area contributed by atoms with Crippen LogP contribution in [0, 0.1) is 6.33 Å². The average Bonchev–Trinajstić information content (AvgIpc) is 3.76. The van der Waals surface area contributed by atoms with Crippen molar-refractivity contribution in [2.75, 3.05) is 0 Å². The lowest BCUT2D eigenvalue weighted by molar-refractivity contribution is -0.517. The summed E-state index contributed by atoms with van der Waals surface area (Å²) in [7, 11) is 0. The van der Waals surface area contributed by atoms with Crippen molar-refractivity contribution < 1.29 is 18.0 Å². The molecule has 3 aromatic carbocycles. The molecule has 0 aliphatic rings. The molecule has 0 fully saturated rings. The molecule has 5 aromatic heterocycles. The fourth-order valence-electron chi connectivity index (χ4n) is 6.03. The normalized spacial score (nSPS) is 12.7. The van der Waals surface area contributed by atoms with E-state index in [-0.39, 0.29) is 10.8 Å². The third-order valence-corrected chi connectivity index (χ3v) is 8.54. The van der Waals surface area contributed by atoms with Gasteiger partial charge in [0.1, 0.15) is 23.0 Å². The molecule has 0 atom stereocenters. The first-order valence-corrected chi connectivity index (χ1v) is 15.2. The van der Waals surface area contributed by atoms with Gasteiger partial charge < -0.3 is 13.6 Å². The highest BCUT2D eigenvalue weighted by Crippen LogP contribution is 2.38. The van der Waals surface area contributed by atoms with Gasteiger partial charge in [-0.3, -0.25) is 13.4 Å². The lowest BCUT2D eigenvalue weighted by Crippen LogP contribution is -2.13. The fourth-order valence-corrected chi connectivity index (χ4v) is 6.03. The summed E-state index contributed by atoms with van der Waals surface area (Å²) in [4.78, 5) is 4.86. The van der Waals surface area contributed by atoms with Crippen molar-refractivity contribution in [2.45, 2.75) is 52.4 Å². The first kappa shape index (κ1) is 27.3. The minimum absolute atomic E-state index is 0.00334. The van der Waals surface area contributed by atoms with Gasteiger partial charge in [-0.25, -0.2) is 4.98 Å². The Morgan fingerprint density at radius 3 is 2.40 bits per heavy atom. The number of ether oxygens (including phenoxy) is 1. The highest BCUT2D eigenvalue weighted by atomic mass is 16.5. The number of pyridine rings is 1. The zero-order valence-corrected chi connectivity index (χ0v) is 26.3. The highest BCUT2D eigenvalue weighted by molar-refractivity contribution is 6.09. The summed E-state index contributed by atoms with van der Waals surface area (Å²) in [5.41, 5.74) is 7.71. The molecule has 8 aromatic rings. The van der Waals surface area contributed by atoms with Crippen LogP contribution in [0.5, 0.6) is 11.5 Å². The SMILES string of the molecule is CC(C)(C)c1ccnc(-n2c3ccc(C(C)(C)C)cc3c3ccc(Oc4cccc(-c5coc6c7occ[n+]7[c-]n56)c4)cc32)c1. The number of fused-ring (bicyclic) bond motifs is 6. The molecule has 0 aliphatic carbocycles. The van der Waals surface area contributed by atoms with Crippen molar-refractivity contribution in [3.05, 3.63) is 115 Å². The first-order valence-electron chi connectivity index (χ1n) is 15.2. The Balaban J connectivity index is 1.24. The van der Waals surface area contributed by atoms with Crippen LogP contribution in [-0.2, 0) is 10.8 Å². The maximum Gasteiger partial charge on any atom is 0.279 e. The van der Waals surface area contributed by atoms with Crippen LogP contribution in [0.25, 0.3) is 50.3 Å². The molecule has 45 heavy (non-hydrogen) atoms. The quantitative estimate of drug-likeness (QED) is 0.151. The van der Waals surface area contributed by atoms with Crippen molar-refractivity contribution in [3.8, 4) is 28.6 Å². The van der Waals surface area contributed by atoms with Crippen LogP contribution in [0.1, 0.15) is 52.7 Å². The lowest BCUT2D eigenvalue weighted by atomic mass is 9.86. The first-order chi connectivity index (χ1) is 21.5. The fraction of sp³-hybridized carbons (Fsp3) is 0.211. The second-order valence-electron chi connectivity index (χ2n) is 13.7. The van der Waals surface area contributed by atoms with Crippen LogP contribution in [0.2, 0.25) is 0 Å². The Morgan fingerprint density at radius 2 is 1.58 bits per heavy atom. The molecule has 0 radical (unpaired) electrons. The molecule has 0 bridgehead atoms. The number of hydrogen-bond acceptors (Lipinski definition) is 4. The number of rotatable bonds is 4. The maximum atomic E-state index is 6.52. The molecule has 5 heterocycles. The van der Waals surface area contributed by atoms with Crippen molar-refractivity contribution in [1.29, 1.82) is 0 Å². The molecule has 0 spiro atoms. The molecular formula is C38H34N4O3. The molecule has 7 nitrogen and oxygen atoms in total. The van der Waals surface area contributed by atoms with Gasteiger partial charge in [-0.1, -0.05) is 59.7 Å². The lowest BCUT2D eigenvalue weighted by Gasteiger charge is -2.20. The molecule has 0 saturated heterocycles. The van der Waals surface area contributed by atoms with Crippen LogP contribution in [0.4, 0.5) is 0 Å². The van der Waals surface area contributed by atoms with Crippen molar-refractivity contribution in [1.82, 2.24) is 14.0 Å². The topological polar surface area (TPSA) is 61.8 Å². The van der Waals surface area contributed by atoms with Crippen LogP contribution in [0.15, 0.2) is 107 Å². The van der Waals surface area contributed by atoms with Crippen molar-refractivity contribution >= 4 is 33.2 Å². The molecular weight excluding hydrogens is 560 g/mol. The van der Waals surface area contributed by atoms with Crippen LogP contribution in [0.3, 0.4) is 0 Å². The molecule has 0 saturated carbocycles. The van der Waals surface area contributed by atoms with Crippen LogP contribution in [-0.4, -0.2) is 14.0 Å². The van der Waals surface area contributed by atoms with Crippen LogP contribution < -0.4 is 9.14 Å². The number of imidazole rings is 1. The second-order valence-corrected chi connectivity index (χ2v) is 13.7. The summed E-state index contributed by atoms with van der Waals surface area (Å²) in [5.74, 6) is 2.35. The van der Waals surface area contributed by atoms with E-state index in [1.54, 1.807) is 23.1 Å². The average molecular weight is 595 g/mol. The number of benzene rings is 3. The van der Waals surface area contributed by atoms with Gasteiger partial charge in [-0.2, -0.15) is 0 Å². The zero-order chi connectivity index (χ0) is 31.1. The molecule has 0 N–H and O–H groups in total. The minimum Gasteiger partial charge on any atom is -0.470 e. The summed E-state index contributed by atoms with van der Waals surface area (Å²) >= 11 is 0. The van der Waals surface area contributed by atoms with Crippen molar-refractivity contribution in [3.63, 3.8) is 0 Å². The Kier molecular flexibility index (Phi) is 5.82. The standard InChI is InChI=1S/C38H34N4O3/c1-37(2,3)25-10-13-31-30(19-25)29-12-11-28(21-32(29)42(31)34-20-26(14-15-39-34)38(4,5)6)45-27-9-7-8-24(18-27)33-22-44-36-35-40(16-17-43-35)23-41(33)36/h7-22H,1-6H3. The van der Waals surface area contributed by atoms with Crippen molar-refractivity contribution in [2.24, 2.45) is 0 Å². The van der Waals surface area contributed by atoms with E-state index in [0.717, 1.165) is 45.0 Å². The Hall–Kier alpha value is -5.30. The number of aromatic nitrogens is 4. The van der Waals surface area contributed by atoms with Gasteiger partial charge in [0.15, 0.2) is 0 Å². The molecule has 0 unspecified atom stereocenters. The molecule has 7 heteroatoms. The Bertz CT molecular complexity index is 2390. The molecule has 8 rings (SSSR count). The van der Waals surface area contributed by atoms with E-state index in [9.17, 15) is 0 Å². The minimum atomic E-state index is -0.00334. The summed E-state index contributed by atoms with van der Waals surface area (Å²) < 4.78 is 23.8. The number of nitrogens with zero attached hydrogens (tertiary/aromatic N) is 4. The number of hydrogen-bond donors (Lipinski definition) is 0. The van der Waals surface area contributed by atoms with E-state index in [2.05, 4.69) is 94.9 Å². The molecule has 224 valence electrons. The molecule has 0 amide bonds. The summed E-state index contributed by atoms with van der Waals surface area (Å²) in [6.07, 6.45) is 10.3. The van der Waals surface area contributed by atoms with E-state index >= 15 is 0 Å². The second kappa shape index (κ2) is 9.60. The van der Waals surface area contributed by atoms with Gasteiger partial charge in [-0.15, -0.1) is 0 Å².